The minimum atomic E-state index is -0.973. The van der Waals surface area contributed by atoms with Crippen molar-refractivity contribution < 1.29 is 14.7 Å². The largest absolute Gasteiger partial charge is 0.478 e. The molecular weight excluding hydrogens is 232 g/mol. The van der Waals surface area contributed by atoms with E-state index in [0.717, 1.165) is 5.56 Å². The number of anilines is 1. The van der Waals surface area contributed by atoms with Crippen molar-refractivity contribution in [2.75, 3.05) is 18.4 Å². The summed E-state index contributed by atoms with van der Waals surface area (Å²) in [6.45, 7) is 4.71. The van der Waals surface area contributed by atoms with Gasteiger partial charge in [0.1, 0.15) is 0 Å². The molecule has 0 saturated heterocycles. The van der Waals surface area contributed by atoms with Crippen molar-refractivity contribution in [2.24, 2.45) is 0 Å². The quantitative estimate of drug-likeness (QED) is 0.717. The lowest BCUT2D eigenvalue weighted by molar-refractivity contribution is -0.120. The number of carboxylic acids is 1. The second-order valence-corrected chi connectivity index (χ2v) is 3.98. The summed E-state index contributed by atoms with van der Waals surface area (Å²) in [7, 11) is 0. The Kier molecular flexibility index (Phi) is 5.17. The van der Waals surface area contributed by atoms with Gasteiger partial charge in [0, 0.05) is 25.2 Å². The Morgan fingerprint density at radius 3 is 2.67 bits per heavy atom. The van der Waals surface area contributed by atoms with Crippen molar-refractivity contribution >= 4 is 17.6 Å². The Morgan fingerprint density at radius 2 is 2.06 bits per heavy atom. The number of aryl methyl sites for hydroxylation is 1. The molecule has 18 heavy (non-hydrogen) atoms. The number of carboxylic acid groups (broad SMARTS) is 1. The Balaban J connectivity index is 2.62. The molecular formula is C13H18N2O3. The maximum absolute atomic E-state index is 11.2. The fourth-order valence-corrected chi connectivity index (χ4v) is 1.59. The van der Waals surface area contributed by atoms with Crippen molar-refractivity contribution in [1.82, 2.24) is 5.32 Å². The predicted molar refractivity (Wildman–Crippen MR) is 69.9 cm³/mol. The number of amides is 1. The zero-order valence-corrected chi connectivity index (χ0v) is 10.6. The first-order chi connectivity index (χ1) is 8.54. The molecule has 98 valence electrons. The number of benzene rings is 1. The molecule has 0 atom stereocenters. The summed E-state index contributed by atoms with van der Waals surface area (Å²) in [5, 5.41) is 14.7. The van der Waals surface area contributed by atoms with E-state index in [9.17, 15) is 9.59 Å². The zero-order chi connectivity index (χ0) is 13.5. The second-order valence-electron chi connectivity index (χ2n) is 3.98. The van der Waals surface area contributed by atoms with Gasteiger partial charge in [0.05, 0.1) is 5.56 Å². The van der Waals surface area contributed by atoms with Gasteiger partial charge < -0.3 is 15.7 Å². The molecule has 3 N–H and O–H groups in total. The maximum atomic E-state index is 11.2. The maximum Gasteiger partial charge on any atom is 0.337 e. The van der Waals surface area contributed by atoms with Gasteiger partial charge in [-0.1, -0.05) is 11.6 Å². The predicted octanol–water partition coefficient (Wildman–Crippen LogP) is 1.63. The summed E-state index contributed by atoms with van der Waals surface area (Å²) in [6, 6.07) is 5.16. The first kappa shape index (κ1) is 14.0. The fraction of sp³-hybridized carbons (Fsp3) is 0.385. The Morgan fingerprint density at radius 1 is 1.33 bits per heavy atom. The number of aromatic carboxylic acids is 1. The Bertz CT molecular complexity index is 444. The first-order valence-corrected chi connectivity index (χ1v) is 5.89. The average molecular weight is 250 g/mol. The summed E-state index contributed by atoms with van der Waals surface area (Å²) in [5.41, 5.74) is 1.66. The average Bonchev–Trinajstić information content (AvgIpc) is 2.31. The highest BCUT2D eigenvalue weighted by molar-refractivity contribution is 5.94. The molecule has 0 fully saturated rings. The van der Waals surface area contributed by atoms with Gasteiger partial charge in [0.25, 0.3) is 0 Å². The smallest absolute Gasteiger partial charge is 0.337 e. The van der Waals surface area contributed by atoms with E-state index in [0.29, 0.717) is 25.2 Å². The Labute approximate surface area is 106 Å². The van der Waals surface area contributed by atoms with E-state index < -0.39 is 5.97 Å². The van der Waals surface area contributed by atoms with Crippen molar-refractivity contribution in [3.8, 4) is 0 Å². The summed E-state index contributed by atoms with van der Waals surface area (Å²) < 4.78 is 0. The third kappa shape index (κ3) is 4.08. The molecule has 5 heteroatoms. The number of nitrogens with one attached hydrogen (secondary N) is 2. The van der Waals surface area contributed by atoms with E-state index in [1.807, 2.05) is 19.9 Å². The van der Waals surface area contributed by atoms with Crippen LogP contribution in [0.25, 0.3) is 0 Å². The third-order valence-electron chi connectivity index (χ3n) is 2.45. The van der Waals surface area contributed by atoms with Crippen LogP contribution in [0.15, 0.2) is 18.2 Å². The lowest BCUT2D eigenvalue weighted by atomic mass is 10.1. The van der Waals surface area contributed by atoms with Crippen LogP contribution in [0, 0.1) is 6.92 Å². The number of rotatable bonds is 6. The normalized spacial score (nSPS) is 9.89. The van der Waals surface area contributed by atoms with Crippen molar-refractivity contribution in [3.63, 3.8) is 0 Å². The van der Waals surface area contributed by atoms with E-state index in [1.54, 1.807) is 12.1 Å². The van der Waals surface area contributed by atoms with Gasteiger partial charge in [0.2, 0.25) is 5.91 Å². The lowest BCUT2D eigenvalue weighted by Crippen LogP contribution is -2.25. The second kappa shape index (κ2) is 6.64. The van der Waals surface area contributed by atoms with Crippen LogP contribution in [0.1, 0.15) is 29.3 Å². The SMILES string of the molecule is CCNC(=O)CCNc1ccc(C)cc1C(=O)O. The molecule has 0 radical (unpaired) electrons. The van der Waals surface area contributed by atoms with Crippen molar-refractivity contribution in [3.05, 3.63) is 29.3 Å². The summed E-state index contributed by atoms with van der Waals surface area (Å²) in [5.74, 6) is -1.02. The van der Waals surface area contributed by atoms with Crippen LogP contribution >= 0.6 is 0 Å². The van der Waals surface area contributed by atoms with Crippen LogP contribution < -0.4 is 10.6 Å². The molecule has 0 heterocycles. The van der Waals surface area contributed by atoms with E-state index >= 15 is 0 Å². The highest BCUT2D eigenvalue weighted by atomic mass is 16.4. The first-order valence-electron chi connectivity index (χ1n) is 5.89. The van der Waals surface area contributed by atoms with Crippen molar-refractivity contribution in [2.45, 2.75) is 20.3 Å². The van der Waals surface area contributed by atoms with E-state index in [-0.39, 0.29) is 11.5 Å². The number of hydrogen-bond donors (Lipinski definition) is 3. The third-order valence-corrected chi connectivity index (χ3v) is 2.45. The minimum absolute atomic E-state index is 0.0472. The summed E-state index contributed by atoms with van der Waals surface area (Å²) in [4.78, 5) is 22.3. The van der Waals surface area contributed by atoms with Gasteiger partial charge in [-0.25, -0.2) is 4.79 Å². The topological polar surface area (TPSA) is 78.4 Å². The molecule has 1 aromatic carbocycles. The molecule has 0 aliphatic rings. The van der Waals surface area contributed by atoms with Gasteiger partial charge >= 0.3 is 5.97 Å². The molecule has 0 spiro atoms. The summed E-state index contributed by atoms with van der Waals surface area (Å²) in [6.07, 6.45) is 0.320. The van der Waals surface area contributed by atoms with Crippen LogP contribution in [0.4, 0.5) is 5.69 Å². The van der Waals surface area contributed by atoms with Crippen LogP contribution in [0.3, 0.4) is 0 Å². The molecule has 0 unspecified atom stereocenters. The highest BCUT2D eigenvalue weighted by Gasteiger charge is 2.10. The van der Waals surface area contributed by atoms with E-state index in [1.165, 1.54) is 0 Å². The van der Waals surface area contributed by atoms with E-state index in [4.69, 9.17) is 5.11 Å². The van der Waals surface area contributed by atoms with Crippen LogP contribution in [0.5, 0.6) is 0 Å². The molecule has 0 bridgehead atoms. The molecule has 0 aromatic heterocycles. The van der Waals surface area contributed by atoms with Gasteiger partial charge in [-0.15, -0.1) is 0 Å². The monoisotopic (exact) mass is 250 g/mol. The van der Waals surface area contributed by atoms with Gasteiger partial charge in [-0.3, -0.25) is 4.79 Å². The molecule has 1 amide bonds. The van der Waals surface area contributed by atoms with Crippen LogP contribution in [0.2, 0.25) is 0 Å². The standard InChI is InChI=1S/C13H18N2O3/c1-3-14-12(16)6-7-15-11-5-4-9(2)8-10(11)13(17)18/h4-5,8,15H,3,6-7H2,1-2H3,(H,14,16)(H,17,18). The molecule has 1 aromatic rings. The lowest BCUT2D eigenvalue weighted by Gasteiger charge is -2.10. The van der Waals surface area contributed by atoms with Crippen LogP contribution in [-0.4, -0.2) is 30.1 Å². The van der Waals surface area contributed by atoms with Crippen molar-refractivity contribution in [1.29, 1.82) is 0 Å². The Hall–Kier alpha value is -2.04. The number of carbonyl (C=O) groups is 2. The number of carbonyl (C=O) groups excluding carboxylic acids is 1. The van der Waals surface area contributed by atoms with Gasteiger partial charge in [0.15, 0.2) is 0 Å². The molecule has 0 saturated carbocycles. The van der Waals surface area contributed by atoms with Gasteiger partial charge in [-0.05, 0) is 26.0 Å². The molecule has 5 nitrogen and oxygen atoms in total. The highest BCUT2D eigenvalue weighted by Crippen LogP contribution is 2.17. The minimum Gasteiger partial charge on any atom is -0.478 e. The summed E-state index contributed by atoms with van der Waals surface area (Å²) >= 11 is 0. The fourth-order valence-electron chi connectivity index (χ4n) is 1.59. The number of hydrogen-bond acceptors (Lipinski definition) is 3. The molecule has 0 aliphatic heterocycles. The van der Waals surface area contributed by atoms with Gasteiger partial charge in [-0.2, -0.15) is 0 Å². The molecule has 0 aliphatic carbocycles. The van der Waals surface area contributed by atoms with E-state index in [2.05, 4.69) is 10.6 Å². The molecule has 1 rings (SSSR count). The zero-order valence-electron chi connectivity index (χ0n) is 10.6. The van der Waals surface area contributed by atoms with Crippen LogP contribution in [-0.2, 0) is 4.79 Å².